The normalized spacial score (nSPS) is 18.9. The zero-order valence-electron chi connectivity index (χ0n) is 14.2. The zero-order valence-corrected chi connectivity index (χ0v) is 15.0. The average molecular weight is 338 g/mol. The lowest BCUT2D eigenvalue weighted by Crippen LogP contribution is -2.44. The van der Waals surface area contributed by atoms with E-state index in [4.69, 9.17) is 5.11 Å². The van der Waals surface area contributed by atoms with Crippen molar-refractivity contribution in [1.82, 2.24) is 9.88 Å². The fourth-order valence-electron chi connectivity index (χ4n) is 2.91. The summed E-state index contributed by atoms with van der Waals surface area (Å²) in [6.45, 7) is 7.08. The predicted molar refractivity (Wildman–Crippen MR) is 90.7 cm³/mol. The summed E-state index contributed by atoms with van der Waals surface area (Å²) < 4.78 is 0. The van der Waals surface area contributed by atoms with Crippen LogP contribution in [-0.2, 0) is 21.4 Å². The summed E-state index contributed by atoms with van der Waals surface area (Å²) in [6.07, 6.45) is 3.96. The highest BCUT2D eigenvalue weighted by atomic mass is 32.1. The maximum Gasteiger partial charge on any atom is 0.303 e. The number of likely N-dealkylation sites (tertiary alicyclic amines) is 1. The molecule has 23 heavy (non-hydrogen) atoms. The Morgan fingerprint density at radius 3 is 2.74 bits per heavy atom. The second-order valence-corrected chi connectivity index (χ2v) is 8.10. The highest BCUT2D eigenvalue weighted by molar-refractivity contribution is 7.09. The largest absolute Gasteiger partial charge is 0.481 e. The first-order valence-corrected chi connectivity index (χ1v) is 9.11. The van der Waals surface area contributed by atoms with Gasteiger partial charge in [0.25, 0.3) is 0 Å². The van der Waals surface area contributed by atoms with Crippen LogP contribution in [0.15, 0.2) is 5.38 Å². The van der Waals surface area contributed by atoms with Crippen molar-refractivity contribution in [1.29, 1.82) is 0 Å². The number of hydrogen-bond donors (Lipinski definition) is 1. The van der Waals surface area contributed by atoms with E-state index >= 15 is 0 Å². The van der Waals surface area contributed by atoms with Crippen molar-refractivity contribution in [2.45, 2.75) is 70.8 Å². The van der Waals surface area contributed by atoms with Gasteiger partial charge in [-0.25, -0.2) is 4.98 Å². The van der Waals surface area contributed by atoms with Gasteiger partial charge in [-0.3, -0.25) is 9.59 Å². The van der Waals surface area contributed by atoms with E-state index in [1.807, 2.05) is 10.3 Å². The van der Waals surface area contributed by atoms with E-state index in [-0.39, 0.29) is 23.8 Å². The Kier molecular flexibility index (Phi) is 5.79. The van der Waals surface area contributed by atoms with Crippen LogP contribution in [0.5, 0.6) is 0 Å². The highest BCUT2D eigenvalue weighted by Gasteiger charge is 2.28. The van der Waals surface area contributed by atoms with Gasteiger partial charge in [0, 0.05) is 29.8 Å². The molecule has 1 unspecified atom stereocenters. The first-order valence-electron chi connectivity index (χ1n) is 8.23. The summed E-state index contributed by atoms with van der Waals surface area (Å²) >= 11 is 1.60. The van der Waals surface area contributed by atoms with E-state index in [1.54, 1.807) is 11.3 Å². The number of amides is 1. The van der Waals surface area contributed by atoms with Gasteiger partial charge in [-0.1, -0.05) is 20.8 Å². The Morgan fingerprint density at radius 1 is 1.39 bits per heavy atom. The van der Waals surface area contributed by atoms with E-state index in [1.165, 1.54) is 0 Å². The minimum Gasteiger partial charge on any atom is -0.481 e. The molecule has 1 aliphatic heterocycles. The number of hydrogen-bond acceptors (Lipinski definition) is 4. The molecule has 1 amide bonds. The van der Waals surface area contributed by atoms with Gasteiger partial charge in [-0.15, -0.1) is 11.3 Å². The van der Waals surface area contributed by atoms with Crippen LogP contribution < -0.4 is 0 Å². The molecule has 2 rings (SSSR count). The van der Waals surface area contributed by atoms with E-state index < -0.39 is 5.97 Å². The van der Waals surface area contributed by atoms with Crippen molar-refractivity contribution in [3.63, 3.8) is 0 Å². The maximum atomic E-state index is 12.6. The summed E-state index contributed by atoms with van der Waals surface area (Å²) in [7, 11) is 0. The number of carbonyl (C=O) groups is 2. The number of carbonyl (C=O) groups excluding carboxylic acids is 1. The zero-order chi connectivity index (χ0) is 17.0. The number of carboxylic acid groups (broad SMARTS) is 1. The van der Waals surface area contributed by atoms with Crippen molar-refractivity contribution in [2.75, 3.05) is 6.54 Å². The lowest BCUT2D eigenvalue weighted by atomic mass is 9.97. The molecule has 1 saturated heterocycles. The van der Waals surface area contributed by atoms with Gasteiger partial charge in [-0.05, 0) is 25.7 Å². The molecule has 0 spiro atoms. The summed E-state index contributed by atoms with van der Waals surface area (Å²) in [5, 5.41) is 11.9. The number of rotatable bonds is 5. The molecule has 128 valence electrons. The number of thiazole rings is 1. The molecule has 6 heteroatoms. The molecule has 1 atom stereocenters. The van der Waals surface area contributed by atoms with Gasteiger partial charge in [-0.2, -0.15) is 0 Å². The second-order valence-electron chi connectivity index (χ2n) is 7.24. The van der Waals surface area contributed by atoms with Crippen LogP contribution in [0.1, 0.15) is 63.6 Å². The van der Waals surface area contributed by atoms with E-state index in [9.17, 15) is 9.59 Å². The molecule has 2 heterocycles. The number of carboxylic acids is 1. The Labute approximate surface area is 141 Å². The van der Waals surface area contributed by atoms with Gasteiger partial charge in [0.1, 0.15) is 0 Å². The quantitative estimate of drug-likeness (QED) is 0.895. The first-order chi connectivity index (χ1) is 10.8. The van der Waals surface area contributed by atoms with Crippen LogP contribution in [0.3, 0.4) is 0 Å². The summed E-state index contributed by atoms with van der Waals surface area (Å²) in [4.78, 5) is 29.9. The molecule has 0 bridgehead atoms. The van der Waals surface area contributed by atoms with Crippen molar-refractivity contribution in [2.24, 2.45) is 0 Å². The van der Waals surface area contributed by atoms with Crippen molar-refractivity contribution in [3.8, 4) is 0 Å². The third-order valence-electron chi connectivity index (χ3n) is 4.16. The Morgan fingerprint density at radius 2 is 2.13 bits per heavy atom. The average Bonchev–Trinajstić information content (AvgIpc) is 2.94. The van der Waals surface area contributed by atoms with Crippen LogP contribution in [0.4, 0.5) is 0 Å². The molecule has 1 aromatic rings. The summed E-state index contributed by atoms with van der Waals surface area (Å²) in [6, 6.07) is 0.0630. The highest BCUT2D eigenvalue weighted by Crippen LogP contribution is 2.27. The van der Waals surface area contributed by atoms with Crippen LogP contribution >= 0.6 is 11.3 Å². The van der Waals surface area contributed by atoms with Gasteiger partial charge in [0.05, 0.1) is 17.1 Å². The smallest absolute Gasteiger partial charge is 0.303 e. The molecule has 1 aromatic heterocycles. The molecule has 1 fully saturated rings. The van der Waals surface area contributed by atoms with Crippen LogP contribution in [-0.4, -0.2) is 39.5 Å². The summed E-state index contributed by atoms with van der Waals surface area (Å²) in [5.41, 5.74) is 0.827. The van der Waals surface area contributed by atoms with Gasteiger partial charge in [0.15, 0.2) is 0 Å². The van der Waals surface area contributed by atoms with E-state index in [2.05, 4.69) is 25.8 Å². The molecule has 0 saturated carbocycles. The third-order valence-corrected chi connectivity index (χ3v) is 5.48. The Bertz CT molecular complexity index is 562. The summed E-state index contributed by atoms with van der Waals surface area (Å²) in [5.74, 6) is -0.719. The molecule has 5 nitrogen and oxygen atoms in total. The van der Waals surface area contributed by atoms with Crippen molar-refractivity contribution >= 4 is 23.2 Å². The van der Waals surface area contributed by atoms with Crippen molar-refractivity contribution in [3.05, 3.63) is 16.1 Å². The fourth-order valence-corrected chi connectivity index (χ4v) is 3.82. The fraction of sp³-hybridized carbons (Fsp3) is 0.706. The van der Waals surface area contributed by atoms with Gasteiger partial charge < -0.3 is 10.0 Å². The molecule has 0 aromatic carbocycles. The van der Waals surface area contributed by atoms with Gasteiger partial charge >= 0.3 is 5.97 Å². The van der Waals surface area contributed by atoms with Crippen LogP contribution in [0.2, 0.25) is 0 Å². The van der Waals surface area contributed by atoms with E-state index in [0.717, 1.165) is 36.5 Å². The molecule has 1 N–H and O–H groups in total. The third kappa shape index (κ3) is 5.03. The predicted octanol–water partition coefficient (Wildman–Crippen LogP) is 3.23. The number of aliphatic carboxylic acids is 1. The van der Waals surface area contributed by atoms with Crippen LogP contribution in [0, 0.1) is 0 Å². The lowest BCUT2D eigenvalue weighted by Gasteiger charge is -2.35. The number of piperidine rings is 1. The molecule has 0 aliphatic carbocycles. The lowest BCUT2D eigenvalue weighted by molar-refractivity contribution is -0.139. The van der Waals surface area contributed by atoms with E-state index in [0.29, 0.717) is 12.8 Å². The minimum atomic E-state index is -0.794. The Hall–Kier alpha value is -1.43. The minimum absolute atomic E-state index is 0.00110. The van der Waals surface area contributed by atoms with Crippen molar-refractivity contribution < 1.29 is 14.7 Å². The molecular weight excluding hydrogens is 312 g/mol. The SMILES string of the molecule is CC(C)(C)c1nc(CC(=O)N2CCCCC2CCC(=O)O)cs1. The number of aromatic nitrogens is 1. The maximum absolute atomic E-state index is 12.6. The molecular formula is C17H26N2O3S. The molecule has 1 aliphatic rings. The monoisotopic (exact) mass is 338 g/mol. The second kappa shape index (κ2) is 7.43. The topological polar surface area (TPSA) is 70.5 Å². The first kappa shape index (κ1) is 17.9. The number of nitrogens with zero attached hydrogens (tertiary/aromatic N) is 2. The molecule has 0 radical (unpaired) electrons. The Balaban J connectivity index is 1.99. The van der Waals surface area contributed by atoms with Gasteiger partial charge in [0.2, 0.25) is 5.91 Å². The van der Waals surface area contributed by atoms with Crippen LogP contribution in [0.25, 0.3) is 0 Å². The standard InChI is InChI=1S/C17H26N2O3S/c1-17(2,3)16-18-12(11-23-16)10-14(20)19-9-5-4-6-13(19)7-8-15(21)22/h11,13H,4-10H2,1-3H3,(H,21,22).